The third-order valence-electron chi connectivity index (χ3n) is 8.53. The number of primary amides is 1. The topological polar surface area (TPSA) is 199 Å². The zero-order chi connectivity index (χ0) is 32.3. The molecule has 0 aliphatic heterocycles. The largest absolute Gasteiger partial charge is 0.508 e. The van der Waals surface area contributed by atoms with Crippen molar-refractivity contribution in [1.29, 1.82) is 0 Å². The summed E-state index contributed by atoms with van der Waals surface area (Å²) < 4.78 is 0. The lowest BCUT2D eigenvalue weighted by atomic mass is 9.57. The number of Topliss-reactive ketones (excluding diaryl/α,β-unsaturated/α-hetero) is 2. The van der Waals surface area contributed by atoms with Gasteiger partial charge in [0.15, 0.2) is 11.4 Å². The smallest absolute Gasteiger partial charge is 0.255 e. The van der Waals surface area contributed by atoms with E-state index >= 15 is 0 Å². The van der Waals surface area contributed by atoms with Gasteiger partial charge in [-0.25, -0.2) is 0 Å². The van der Waals surface area contributed by atoms with E-state index in [1.807, 2.05) is 6.07 Å². The minimum atomic E-state index is -2.68. The molecule has 0 bridgehead atoms. The van der Waals surface area contributed by atoms with Crippen LogP contribution in [-0.4, -0.2) is 86.4 Å². The molecule has 3 aliphatic rings. The number of rotatable bonds is 6. The Morgan fingerprint density at radius 2 is 1.89 bits per heavy atom. The Balaban J connectivity index is 1.56. The number of aromatic hydroxyl groups is 1. The second-order valence-corrected chi connectivity index (χ2v) is 13.1. The highest BCUT2D eigenvalue weighted by molar-refractivity contribution is 6.24. The molecule has 12 nitrogen and oxygen atoms in total. The number of nitrogens with two attached hydrogens (primary N) is 1. The number of ketones is 2. The van der Waals surface area contributed by atoms with E-state index in [4.69, 9.17) is 5.73 Å². The number of likely N-dealkylation sites (N-methyl/N-ethyl adjacent to an activating group) is 1. The van der Waals surface area contributed by atoms with Gasteiger partial charge < -0.3 is 31.5 Å². The first-order valence-corrected chi connectivity index (χ1v) is 14.3. The summed E-state index contributed by atoms with van der Waals surface area (Å²) in [6.07, 6.45) is 3.42. The molecule has 4 atom stereocenters. The summed E-state index contributed by atoms with van der Waals surface area (Å²) in [6, 6.07) is 5.51. The predicted octanol–water partition coefficient (Wildman–Crippen LogP) is 2.51. The number of anilines is 1. The number of hydrogen-bond donors (Lipinski definition) is 6. The summed E-state index contributed by atoms with van der Waals surface area (Å²) in [7, 11) is 3.12. The molecule has 2 aromatic rings. The van der Waals surface area contributed by atoms with Crippen molar-refractivity contribution in [2.75, 3.05) is 26.0 Å². The molecule has 0 radical (unpaired) electrons. The monoisotopic (exact) mass is 603 g/mol. The molecule has 1 aromatic heterocycles. The Morgan fingerprint density at radius 3 is 2.48 bits per heavy atom. The zero-order valence-corrected chi connectivity index (χ0v) is 25.3. The van der Waals surface area contributed by atoms with Crippen LogP contribution in [0.1, 0.15) is 38.3 Å². The second-order valence-electron chi connectivity index (χ2n) is 13.1. The standard InChI is InChI=1S/C32H37N5O7/c1-31(2,3)13-34-14-36-16-6-8-20(35-12-16)17-7-9-21(38)23-18(17)10-15-11-19-25(37(4)5)27(40)24(30(33)43)29(42)32(19,44)28(41)22(15)26(23)39/h6-9,12,14-15,19,25,38-39,42,44H,10-11,13H2,1-5H3,(H2,33,43)(H,34,36)/t15-,19-,25+,32-/m0/s1. The van der Waals surface area contributed by atoms with E-state index in [-0.39, 0.29) is 35.1 Å². The number of fused-ring (bicyclic) bond motifs is 3. The van der Waals surface area contributed by atoms with Crippen LogP contribution in [0.3, 0.4) is 0 Å². The van der Waals surface area contributed by atoms with E-state index in [0.29, 0.717) is 29.1 Å². The lowest BCUT2D eigenvalue weighted by Gasteiger charge is -2.50. The van der Waals surface area contributed by atoms with Gasteiger partial charge in [-0.05, 0) is 68.1 Å². The molecular weight excluding hydrogens is 566 g/mol. The Morgan fingerprint density at radius 1 is 1.18 bits per heavy atom. The van der Waals surface area contributed by atoms with Gasteiger partial charge in [-0.15, -0.1) is 0 Å². The summed E-state index contributed by atoms with van der Waals surface area (Å²) in [6.45, 7) is 6.93. The molecule has 44 heavy (non-hydrogen) atoms. The molecular formula is C32H37N5O7. The van der Waals surface area contributed by atoms with E-state index in [1.165, 1.54) is 11.0 Å². The second kappa shape index (κ2) is 10.9. The van der Waals surface area contributed by atoms with Gasteiger partial charge in [0.2, 0.25) is 5.78 Å². The van der Waals surface area contributed by atoms with E-state index in [0.717, 1.165) is 0 Å². The third-order valence-corrected chi connectivity index (χ3v) is 8.53. The maximum atomic E-state index is 14.0. The number of phenols is 1. The van der Waals surface area contributed by atoms with E-state index in [9.17, 15) is 34.8 Å². The van der Waals surface area contributed by atoms with Crippen LogP contribution in [0.5, 0.6) is 5.75 Å². The van der Waals surface area contributed by atoms with Gasteiger partial charge in [0, 0.05) is 23.6 Å². The Hall–Kier alpha value is -4.55. The summed E-state index contributed by atoms with van der Waals surface area (Å²) in [4.78, 5) is 49.8. The van der Waals surface area contributed by atoms with Crippen molar-refractivity contribution in [2.45, 2.75) is 45.3 Å². The van der Waals surface area contributed by atoms with Crippen LogP contribution >= 0.6 is 0 Å². The van der Waals surface area contributed by atoms with Crippen LogP contribution in [0.25, 0.3) is 17.0 Å². The van der Waals surface area contributed by atoms with Crippen LogP contribution < -0.4 is 11.1 Å². The fourth-order valence-corrected chi connectivity index (χ4v) is 6.56. The number of carbonyl (C=O) groups is 3. The highest BCUT2D eigenvalue weighted by Gasteiger charge is 2.64. The Kier molecular flexibility index (Phi) is 7.63. The summed E-state index contributed by atoms with van der Waals surface area (Å²) >= 11 is 0. The molecule has 0 spiro atoms. The first-order valence-electron chi connectivity index (χ1n) is 14.3. The van der Waals surface area contributed by atoms with Crippen molar-refractivity contribution >= 4 is 35.3 Å². The molecule has 3 aliphatic carbocycles. The molecule has 0 saturated heterocycles. The third kappa shape index (κ3) is 4.93. The average Bonchev–Trinajstić information content (AvgIpc) is 2.93. The molecule has 1 aromatic carbocycles. The summed E-state index contributed by atoms with van der Waals surface area (Å²) in [5.41, 5.74) is 4.14. The highest BCUT2D eigenvalue weighted by atomic mass is 16.3. The number of carbonyl (C=O) groups excluding carboxylic acids is 3. The van der Waals surface area contributed by atoms with Crippen LogP contribution in [0.4, 0.5) is 5.69 Å². The molecule has 1 fully saturated rings. The van der Waals surface area contributed by atoms with Crippen molar-refractivity contribution in [3.05, 3.63) is 58.5 Å². The van der Waals surface area contributed by atoms with Gasteiger partial charge in [-0.3, -0.25) is 29.3 Å². The first kappa shape index (κ1) is 30.9. The van der Waals surface area contributed by atoms with Crippen LogP contribution in [0.15, 0.2) is 52.4 Å². The van der Waals surface area contributed by atoms with Gasteiger partial charge in [0.05, 0.1) is 35.5 Å². The first-order chi connectivity index (χ1) is 20.6. The van der Waals surface area contributed by atoms with Crippen LogP contribution in [-0.2, 0) is 20.8 Å². The van der Waals surface area contributed by atoms with Crippen molar-refractivity contribution in [3.8, 4) is 17.0 Å². The van der Waals surface area contributed by atoms with Gasteiger partial charge in [0.25, 0.3) is 5.91 Å². The SMILES string of the molecule is CN(C)[C@H]1C(=O)C(C(N)=O)=C(O)[C@@]2(O)C(=O)C3=C(O)c4c(O)ccc(-c5ccc(NC=NCC(C)(C)C)cn5)c4C[C@H]3C[C@@H]12. The zero-order valence-electron chi connectivity index (χ0n) is 25.3. The number of aliphatic hydroxyl groups is 3. The van der Waals surface area contributed by atoms with Gasteiger partial charge in [0.1, 0.15) is 22.8 Å². The Bertz CT molecular complexity index is 1650. The van der Waals surface area contributed by atoms with Crippen molar-refractivity contribution in [2.24, 2.45) is 28.0 Å². The highest BCUT2D eigenvalue weighted by Crippen LogP contribution is 2.53. The number of aromatic nitrogens is 1. The molecule has 1 amide bonds. The molecule has 0 unspecified atom stereocenters. The lowest BCUT2D eigenvalue weighted by Crippen LogP contribution is -2.65. The van der Waals surface area contributed by atoms with Crippen LogP contribution in [0, 0.1) is 17.3 Å². The normalized spacial score (nSPS) is 25.3. The maximum absolute atomic E-state index is 14.0. The molecule has 232 valence electrons. The lowest BCUT2D eigenvalue weighted by molar-refractivity contribution is -0.153. The number of benzene rings is 1. The van der Waals surface area contributed by atoms with E-state index in [2.05, 4.69) is 36.1 Å². The molecule has 1 heterocycles. The summed E-state index contributed by atoms with van der Waals surface area (Å²) in [5.74, 6) is -6.91. The van der Waals surface area contributed by atoms with Crippen LogP contribution in [0.2, 0.25) is 0 Å². The quantitative estimate of drug-likeness (QED) is 0.162. The molecule has 5 rings (SSSR count). The number of pyridine rings is 1. The number of nitrogens with zero attached hydrogens (tertiary/aromatic N) is 3. The molecule has 1 saturated carbocycles. The van der Waals surface area contributed by atoms with E-state index in [1.54, 1.807) is 38.8 Å². The number of amides is 1. The number of phenolic OH excluding ortho intramolecular Hbond substituents is 1. The number of aliphatic imine (C=N–C) groups is 1. The van der Waals surface area contributed by atoms with E-state index < -0.39 is 58.0 Å². The minimum absolute atomic E-state index is 0.00500. The van der Waals surface area contributed by atoms with Crippen molar-refractivity contribution in [3.63, 3.8) is 0 Å². The predicted molar refractivity (Wildman–Crippen MR) is 164 cm³/mol. The number of hydrogen-bond acceptors (Lipinski definition) is 10. The van der Waals surface area contributed by atoms with Crippen molar-refractivity contribution < 1.29 is 34.8 Å². The minimum Gasteiger partial charge on any atom is -0.508 e. The number of aliphatic hydroxyl groups excluding tert-OH is 2. The average molecular weight is 604 g/mol. The van der Waals surface area contributed by atoms with Gasteiger partial charge in [-0.1, -0.05) is 20.8 Å². The number of nitrogens with one attached hydrogen (secondary N) is 1. The fraction of sp³-hybridized carbons (Fsp3) is 0.406. The van der Waals surface area contributed by atoms with Gasteiger partial charge >= 0.3 is 0 Å². The molecule has 12 heteroatoms. The maximum Gasteiger partial charge on any atom is 0.255 e. The molecule has 7 N–H and O–H groups in total. The fourth-order valence-electron chi connectivity index (χ4n) is 6.56. The summed E-state index contributed by atoms with van der Waals surface area (Å²) in [5, 5.41) is 48.1. The van der Waals surface area contributed by atoms with Crippen molar-refractivity contribution in [1.82, 2.24) is 9.88 Å². The van der Waals surface area contributed by atoms with Gasteiger partial charge in [-0.2, -0.15) is 0 Å². The Labute approximate surface area is 254 Å².